The molecule has 0 aromatic heterocycles. The minimum absolute atomic E-state index is 0.274. The summed E-state index contributed by atoms with van der Waals surface area (Å²) in [6.45, 7) is 4.80. The van der Waals surface area contributed by atoms with Crippen molar-refractivity contribution in [3.8, 4) is 11.5 Å². The van der Waals surface area contributed by atoms with Crippen molar-refractivity contribution in [2.75, 3.05) is 19.0 Å². The number of carboxylic acids is 1. The molecule has 2 rings (SSSR count). The minimum Gasteiger partial charge on any atom is -0.493 e. The predicted octanol–water partition coefficient (Wildman–Crippen LogP) is 4.76. The molecule has 0 saturated carbocycles. The van der Waals surface area contributed by atoms with E-state index in [9.17, 15) is 9.90 Å². The van der Waals surface area contributed by atoms with Crippen LogP contribution in [0.3, 0.4) is 0 Å². The fraction of sp³-hybridized carbons (Fsp3) is 0.316. The number of anilines is 1. The van der Waals surface area contributed by atoms with E-state index in [4.69, 9.17) is 21.1 Å². The molecular formula is C19H22ClNO4. The summed E-state index contributed by atoms with van der Waals surface area (Å²) in [5.41, 5.74) is 2.55. The molecule has 0 spiro atoms. The molecule has 0 radical (unpaired) electrons. The zero-order chi connectivity index (χ0) is 18.4. The van der Waals surface area contributed by atoms with E-state index in [0.29, 0.717) is 35.2 Å². The Balaban J connectivity index is 2.30. The van der Waals surface area contributed by atoms with E-state index in [1.54, 1.807) is 32.2 Å². The maximum absolute atomic E-state index is 11.3. The third-order valence-electron chi connectivity index (χ3n) is 3.80. The van der Waals surface area contributed by atoms with Gasteiger partial charge in [-0.15, -0.1) is 0 Å². The second-order valence-corrected chi connectivity index (χ2v) is 6.02. The van der Waals surface area contributed by atoms with E-state index in [1.807, 2.05) is 19.1 Å². The van der Waals surface area contributed by atoms with Gasteiger partial charge in [-0.3, -0.25) is 0 Å². The van der Waals surface area contributed by atoms with Crippen LogP contribution in [0.4, 0.5) is 5.69 Å². The number of methoxy groups -OCH3 is 1. The van der Waals surface area contributed by atoms with Gasteiger partial charge in [0.1, 0.15) is 0 Å². The van der Waals surface area contributed by atoms with Gasteiger partial charge in [-0.25, -0.2) is 4.79 Å². The Kier molecular flexibility index (Phi) is 6.53. The van der Waals surface area contributed by atoms with Gasteiger partial charge >= 0.3 is 5.97 Å². The summed E-state index contributed by atoms with van der Waals surface area (Å²) < 4.78 is 11.2. The maximum atomic E-state index is 11.3. The zero-order valence-corrected chi connectivity index (χ0v) is 15.3. The highest BCUT2D eigenvalue weighted by Gasteiger charge is 2.14. The molecule has 0 aliphatic rings. The van der Waals surface area contributed by atoms with E-state index in [1.165, 1.54) is 0 Å². The van der Waals surface area contributed by atoms with Crippen molar-refractivity contribution >= 4 is 23.3 Å². The Morgan fingerprint density at radius 2 is 2.08 bits per heavy atom. The number of benzene rings is 2. The van der Waals surface area contributed by atoms with Gasteiger partial charge in [0.15, 0.2) is 11.5 Å². The second-order valence-electron chi connectivity index (χ2n) is 5.58. The molecule has 5 nitrogen and oxygen atoms in total. The first-order chi connectivity index (χ1) is 12.0. The van der Waals surface area contributed by atoms with Crippen molar-refractivity contribution in [2.24, 2.45) is 0 Å². The van der Waals surface area contributed by atoms with Crippen molar-refractivity contribution in [2.45, 2.75) is 26.8 Å². The summed E-state index contributed by atoms with van der Waals surface area (Å²) in [5.74, 6) is 0.277. The highest BCUT2D eigenvalue weighted by atomic mass is 35.5. The second kappa shape index (κ2) is 8.62. The number of halogens is 1. The molecule has 0 bridgehead atoms. The van der Waals surface area contributed by atoms with Crippen molar-refractivity contribution in [1.29, 1.82) is 0 Å². The maximum Gasteiger partial charge on any atom is 0.336 e. The lowest BCUT2D eigenvalue weighted by Gasteiger charge is -2.17. The van der Waals surface area contributed by atoms with Crippen molar-refractivity contribution in [3.05, 3.63) is 52.0 Å². The molecule has 0 saturated heterocycles. The molecule has 0 atom stereocenters. The largest absolute Gasteiger partial charge is 0.493 e. The highest BCUT2D eigenvalue weighted by Crippen LogP contribution is 2.35. The molecular weight excluding hydrogens is 342 g/mol. The van der Waals surface area contributed by atoms with Crippen LogP contribution in [0.15, 0.2) is 30.3 Å². The quantitative estimate of drug-likeness (QED) is 0.708. The van der Waals surface area contributed by atoms with Crippen LogP contribution in [-0.4, -0.2) is 24.8 Å². The van der Waals surface area contributed by atoms with Crippen LogP contribution in [0.5, 0.6) is 11.5 Å². The average molecular weight is 364 g/mol. The first-order valence-corrected chi connectivity index (χ1v) is 8.41. The van der Waals surface area contributed by atoms with Gasteiger partial charge in [-0.05, 0) is 37.1 Å². The summed E-state index contributed by atoms with van der Waals surface area (Å²) in [6.07, 6.45) is 0.873. The fourth-order valence-electron chi connectivity index (χ4n) is 2.52. The molecule has 0 unspecified atom stereocenters. The van der Waals surface area contributed by atoms with Crippen LogP contribution in [0, 0.1) is 6.92 Å². The summed E-state index contributed by atoms with van der Waals surface area (Å²) in [6, 6.07) is 8.67. The van der Waals surface area contributed by atoms with Gasteiger partial charge in [-0.1, -0.05) is 24.6 Å². The van der Waals surface area contributed by atoms with Gasteiger partial charge in [0.05, 0.1) is 19.3 Å². The first kappa shape index (κ1) is 18.9. The number of hydrogen-bond donors (Lipinski definition) is 2. The molecule has 0 amide bonds. The van der Waals surface area contributed by atoms with Gasteiger partial charge in [0.25, 0.3) is 0 Å². The number of carbonyl (C=O) groups is 1. The Bertz CT molecular complexity index is 761. The molecule has 25 heavy (non-hydrogen) atoms. The van der Waals surface area contributed by atoms with Crippen LogP contribution >= 0.6 is 11.6 Å². The standard InChI is InChI=1S/C19H22ClNO4/c1-4-8-25-18-13(9-14(20)10-17(18)24-3)11-21-16-7-5-6-15(12(16)2)19(22)23/h5-7,9-10,21H,4,8,11H2,1-3H3,(H,22,23). The Morgan fingerprint density at radius 1 is 1.32 bits per heavy atom. The van der Waals surface area contributed by atoms with Crippen LogP contribution in [0.25, 0.3) is 0 Å². The summed E-state index contributed by atoms with van der Waals surface area (Å²) >= 11 is 6.17. The molecule has 0 aliphatic heterocycles. The molecule has 6 heteroatoms. The van der Waals surface area contributed by atoms with E-state index < -0.39 is 5.97 Å². The molecule has 2 N–H and O–H groups in total. The third-order valence-corrected chi connectivity index (χ3v) is 4.02. The highest BCUT2D eigenvalue weighted by molar-refractivity contribution is 6.30. The smallest absolute Gasteiger partial charge is 0.336 e. The number of ether oxygens (including phenoxy) is 2. The monoisotopic (exact) mass is 363 g/mol. The van der Waals surface area contributed by atoms with Gasteiger partial charge in [0.2, 0.25) is 0 Å². The molecule has 134 valence electrons. The van der Waals surface area contributed by atoms with E-state index in [2.05, 4.69) is 5.32 Å². The molecule has 2 aromatic carbocycles. The number of carboxylic acid groups (broad SMARTS) is 1. The van der Waals surface area contributed by atoms with Crippen LogP contribution in [-0.2, 0) is 6.54 Å². The normalized spacial score (nSPS) is 10.4. The third kappa shape index (κ3) is 4.57. The van der Waals surface area contributed by atoms with Gasteiger partial charge in [-0.2, -0.15) is 0 Å². The Morgan fingerprint density at radius 3 is 2.72 bits per heavy atom. The van der Waals surface area contributed by atoms with Crippen LogP contribution in [0.2, 0.25) is 5.02 Å². The number of nitrogens with one attached hydrogen (secondary N) is 1. The number of rotatable bonds is 8. The Labute approximate surface area is 152 Å². The fourth-order valence-corrected chi connectivity index (χ4v) is 2.75. The van der Waals surface area contributed by atoms with E-state index in [0.717, 1.165) is 17.7 Å². The van der Waals surface area contributed by atoms with E-state index in [-0.39, 0.29) is 5.56 Å². The van der Waals surface area contributed by atoms with Crippen LogP contribution in [0.1, 0.15) is 34.8 Å². The van der Waals surface area contributed by atoms with Gasteiger partial charge in [0, 0.05) is 28.9 Å². The molecule has 0 aliphatic carbocycles. The van der Waals surface area contributed by atoms with E-state index >= 15 is 0 Å². The lowest BCUT2D eigenvalue weighted by molar-refractivity contribution is 0.0696. The summed E-state index contributed by atoms with van der Waals surface area (Å²) in [4.78, 5) is 11.3. The lowest BCUT2D eigenvalue weighted by Crippen LogP contribution is -2.08. The van der Waals surface area contributed by atoms with Crippen molar-refractivity contribution < 1.29 is 19.4 Å². The van der Waals surface area contributed by atoms with Crippen molar-refractivity contribution in [1.82, 2.24) is 0 Å². The topological polar surface area (TPSA) is 67.8 Å². The van der Waals surface area contributed by atoms with Crippen molar-refractivity contribution in [3.63, 3.8) is 0 Å². The Hall–Kier alpha value is -2.40. The molecule has 0 heterocycles. The summed E-state index contributed by atoms with van der Waals surface area (Å²) in [7, 11) is 1.57. The lowest BCUT2D eigenvalue weighted by atomic mass is 10.1. The number of aromatic carboxylic acids is 1. The minimum atomic E-state index is -0.947. The number of hydrogen-bond acceptors (Lipinski definition) is 4. The average Bonchev–Trinajstić information content (AvgIpc) is 2.59. The van der Waals surface area contributed by atoms with Crippen LogP contribution < -0.4 is 14.8 Å². The first-order valence-electron chi connectivity index (χ1n) is 8.03. The zero-order valence-electron chi connectivity index (χ0n) is 14.6. The molecule has 0 fully saturated rings. The predicted molar refractivity (Wildman–Crippen MR) is 99.3 cm³/mol. The van der Waals surface area contributed by atoms with Gasteiger partial charge < -0.3 is 19.9 Å². The SMILES string of the molecule is CCCOc1c(CNc2cccc(C(=O)O)c2C)cc(Cl)cc1OC. The molecule has 2 aromatic rings. The summed E-state index contributed by atoms with van der Waals surface area (Å²) in [5, 5.41) is 13.1.